The van der Waals surface area contributed by atoms with Crippen molar-refractivity contribution in [1.82, 2.24) is 0 Å². The number of hydrogen-bond acceptors (Lipinski definition) is 4. The van der Waals surface area contributed by atoms with Gasteiger partial charge in [0, 0.05) is 0 Å². The van der Waals surface area contributed by atoms with Crippen LogP contribution in [0.4, 0.5) is 0 Å². The van der Waals surface area contributed by atoms with E-state index >= 15 is 0 Å². The van der Waals surface area contributed by atoms with Gasteiger partial charge in [0.1, 0.15) is 36.9 Å². The molecule has 2 aliphatic heterocycles. The van der Waals surface area contributed by atoms with Gasteiger partial charge in [-0.2, -0.15) is 0 Å². The van der Waals surface area contributed by atoms with Gasteiger partial charge in [-0.05, 0) is 59.4 Å². The van der Waals surface area contributed by atoms with Gasteiger partial charge >= 0.3 is 0 Å². The van der Waals surface area contributed by atoms with Gasteiger partial charge in [-0.3, -0.25) is 0 Å². The van der Waals surface area contributed by atoms with Crippen molar-refractivity contribution in [2.24, 2.45) is 0 Å². The van der Waals surface area contributed by atoms with E-state index in [1.54, 1.807) is 0 Å². The van der Waals surface area contributed by atoms with Crippen LogP contribution in [-0.4, -0.2) is 38.6 Å². The molecule has 0 spiro atoms. The minimum absolute atomic E-state index is 0.289. The van der Waals surface area contributed by atoms with Crippen LogP contribution in [0.25, 0.3) is 0 Å². The van der Waals surface area contributed by atoms with Crippen LogP contribution in [0.3, 0.4) is 0 Å². The van der Waals surface area contributed by atoms with E-state index in [1.807, 2.05) is 24.3 Å². The molecule has 2 aliphatic rings. The maximum atomic E-state index is 5.70. The van der Waals surface area contributed by atoms with Crippen molar-refractivity contribution >= 4 is 0 Å². The zero-order valence-corrected chi connectivity index (χ0v) is 17.0. The van der Waals surface area contributed by atoms with Crippen LogP contribution in [0.15, 0.2) is 72.8 Å². The first-order valence-corrected chi connectivity index (χ1v) is 10.5. The normalized spacial score (nSPS) is 19.3. The van der Waals surface area contributed by atoms with Crippen LogP contribution in [0.2, 0.25) is 0 Å². The van der Waals surface area contributed by atoms with E-state index in [9.17, 15) is 0 Å². The number of epoxide rings is 2. The third-order valence-electron chi connectivity index (χ3n) is 5.36. The molecule has 2 atom stereocenters. The van der Waals surface area contributed by atoms with Crippen LogP contribution in [-0.2, 0) is 22.3 Å². The minimum atomic E-state index is 0.289. The molecule has 0 bridgehead atoms. The molecule has 2 fully saturated rings. The van der Waals surface area contributed by atoms with Gasteiger partial charge in [-0.25, -0.2) is 0 Å². The Labute approximate surface area is 177 Å². The molecular weight excluding hydrogens is 376 g/mol. The highest BCUT2D eigenvalue weighted by atomic mass is 16.6. The molecule has 4 heteroatoms. The molecule has 2 unspecified atom stereocenters. The summed E-state index contributed by atoms with van der Waals surface area (Å²) in [6, 6.07) is 25.6. The molecule has 2 saturated heterocycles. The topological polar surface area (TPSA) is 43.5 Å². The van der Waals surface area contributed by atoms with Crippen molar-refractivity contribution < 1.29 is 18.9 Å². The lowest BCUT2D eigenvalue weighted by Gasteiger charge is -2.08. The summed E-state index contributed by atoms with van der Waals surface area (Å²) in [6.45, 7) is 2.94. The average molecular weight is 402 g/mol. The molecule has 30 heavy (non-hydrogen) atoms. The van der Waals surface area contributed by atoms with Crippen molar-refractivity contribution in [3.63, 3.8) is 0 Å². The highest BCUT2D eigenvalue weighted by molar-refractivity contribution is 5.35. The van der Waals surface area contributed by atoms with Gasteiger partial charge in [-0.15, -0.1) is 0 Å². The van der Waals surface area contributed by atoms with Crippen LogP contribution in [0, 0.1) is 0 Å². The quantitative estimate of drug-likeness (QED) is 0.471. The molecule has 2 heterocycles. The summed E-state index contributed by atoms with van der Waals surface area (Å²) in [4.78, 5) is 0. The fraction of sp³-hybridized carbons (Fsp3) is 0.308. The van der Waals surface area contributed by atoms with Gasteiger partial charge in [0.25, 0.3) is 0 Å². The summed E-state index contributed by atoms with van der Waals surface area (Å²) in [5, 5.41) is 0. The lowest BCUT2D eigenvalue weighted by Crippen LogP contribution is -2.03. The Hall–Kier alpha value is -2.82. The molecule has 0 radical (unpaired) electrons. The maximum absolute atomic E-state index is 5.70. The SMILES string of the molecule is c1cc(Cc2ccc(OCC3CO3)cc2)ccc1Cc1ccc(OCC2CO2)cc1. The van der Waals surface area contributed by atoms with Crippen molar-refractivity contribution in [1.29, 1.82) is 0 Å². The Bertz CT molecular complexity index is 859. The fourth-order valence-corrected chi connectivity index (χ4v) is 3.36. The summed E-state index contributed by atoms with van der Waals surface area (Å²) in [5.41, 5.74) is 5.18. The molecule has 154 valence electrons. The van der Waals surface area contributed by atoms with E-state index in [4.69, 9.17) is 18.9 Å². The number of hydrogen-bond donors (Lipinski definition) is 0. The highest BCUT2D eigenvalue weighted by Crippen LogP contribution is 2.20. The zero-order chi connectivity index (χ0) is 20.2. The molecule has 5 rings (SSSR count). The Morgan fingerprint density at radius 2 is 0.833 bits per heavy atom. The lowest BCUT2D eigenvalue weighted by molar-refractivity contribution is 0.263. The van der Waals surface area contributed by atoms with Gasteiger partial charge in [0.05, 0.1) is 13.2 Å². The zero-order valence-electron chi connectivity index (χ0n) is 17.0. The van der Waals surface area contributed by atoms with Crippen LogP contribution >= 0.6 is 0 Å². The number of benzene rings is 3. The molecule has 0 saturated carbocycles. The Balaban J connectivity index is 1.12. The number of ether oxygens (including phenoxy) is 4. The molecule has 0 amide bonds. The summed E-state index contributed by atoms with van der Waals surface area (Å²) in [6.07, 6.45) is 2.42. The molecule has 0 N–H and O–H groups in total. The van der Waals surface area contributed by atoms with E-state index < -0.39 is 0 Å². The molecular formula is C26H26O4. The second kappa shape index (κ2) is 8.90. The first-order chi connectivity index (χ1) is 14.8. The van der Waals surface area contributed by atoms with E-state index in [0.29, 0.717) is 13.2 Å². The van der Waals surface area contributed by atoms with Gasteiger partial charge in [0.2, 0.25) is 0 Å². The summed E-state index contributed by atoms with van der Waals surface area (Å²) < 4.78 is 21.7. The van der Waals surface area contributed by atoms with Crippen molar-refractivity contribution in [2.45, 2.75) is 25.0 Å². The van der Waals surface area contributed by atoms with Crippen LogP contribution < -0.4 is 9.47 Å². The summed E-state index contributed by atoms with van der Waals surface area (Å²) >= 11 is 0. The van der Waals surface area contributed by atoms with E-state index in [0.717, 1.165) is 37.6 Å². The average Bonchev–Trinajstić information content (AvgIpc) is 3.69. The third kappa shape index (κ3) is 5.62. The second-order valence-corrected chi connectivity index (χ2v) is 7.99. The predicted molar refractivity (Wildman–Crippen MR) is 115 cm³/mol. The molecule has 4 nitrogen and oxygen atoms in total. The first kappa shape index (κ1) is 19.2. The Kier molecular flexibility index (Phi) is 5.69. The monoisotopic (exact) mass is 402 g/mol. The van der Waals surface area contributed by atoms with E-state index in [1.165, 1.54) is 22.3 Å². The Morgan fingerprint density at radius 3 is 1.13 bits per heavy atom. The van der Waals surface area contributed by atoms with E-state index in [-0.39, 0.29) is 12.2 Å². The standard InChI is InChI=1S/C26H26O4/c1-2-20(14-22-7-11-24(12-8-22)28-16-26-18-30-26)4-3-19(1)13-21-5-9-23(10-6-21)27-15-25-17-29-25/h1-12,25-26H,13-18H2. The molecule has 3 aromatic rings. The third-order valence-corrected chi connectivity index (χ3v) is 5.36. The van der Waals surface area contributed by atoms with Gasteiger partial charge in [-0.1, -0.05) is 48.5 Å². The van der Waals surface area contributed by atoms with Gasteiger partial charge < -0.3 is 18.9 Å². The summed E-state index contributed by atoms with van der Waals surface area (Å²) in [7, 11) is 0. The van der Waals surface area contributed by atoms with E-state index in [2.05, 4.69) is 48.5 Å². The largest absolute Gasteiger partial charge is 0.491 e. The lowest BCUT2D eigenvalue weighted by atomic mass is 10.0. The fourth-order valence-electron chi connectivity index (χ4n) is 3.36. The van der Waals surface area contributed by atoms with Crippen LogP contribution in [0.1, 0.15) is 22.3 Å². The van der Waals surface area contributed by atoms with Crippen molar-refractivity contribution in [3.8, 4) is 11.5 Å². The Morgan fingerprint density at radius 1 is 0.533 bits per heavy atom. The molecule has 0 aromatic heterocycles. The minimum Gasteiger partial charge on any atom is -0.491 e. The predicted octanol–water partition coefficient (Wildman–Crippen LogP) is 4.42. The first-order valence-electron chi connectivity index (χ1n) is 10.5. The maximum Gasteiger partial charge on any atom is 0.119 e. The smallest absolute Gasteiger partial charge is 0.119 e. The molecule has 0 aliphatic carbocycles. The van der Waals surface area contributed by atoms with Crippen molar-refractivity contribution in [2.75, 3.05) is 26.4 Å². The number of rotatable bonds is 10. The second-order valence-electron chi connectivity index (χ2n) is 7.99. The van der Waals surface area contributed by atoms with Gasteiger partial charge in [0.15, 0.2) is 0 Å². The highest BCUT2D eigenvalue weighted by Gasteiger charge is 2.23. The van der Waals surface area contributed by atoms with Crippen molar-refractivity contribution in [3.05, 3.63) is 95.1 Å². The molecule has 3 aromatic carbocycles. The van der Waals surface area contributed by atoms with Crippen LogP contribution in [0.5, 0.6) is 11.5 Å². The summed E-state index contributed by atoms with van der Waals surface area (Å²) in [5.74, 6) is 1.81.